The van der Waals surface area contributed by atoms with Gasteiger partial charge in [0.2, 0.25) is 0 Å². The van der Waals surface area contributed by atoms with E-state index >= 15 is 0 Å². The lowest BCUT2D eigenvalue weighted by Gasteiger charge is -2.49. The Bertz CT molecular complexity index is 2190. The van der Waals surface area contributed by atoms with Crippen molar-refractivity contribution in [3.8, 4) is 33.8 Å². The van der Waals surface area contributed by atoms with Crippen LogP contribution in [0.4, 0.5) is 17.1 Å². The lowest BCUT2D eigenvalue weighted by molar-refractivity contribution is 0.434. The van der Waals surface area contributed by atoms with Crippen LogP contribution in [0.1, 0.15) is 38.9 Å². The predicted molar refractivity (Wildman–Crippen MR) is 198 cm³/mol. The van der Waals surface area contributed by atoms with E-state index in [1.807, 2.05) is 0 Å². The first-order chi connectivity index (χ1) is 23.5. The monoisotopic (exact) mass is 617 g/mol. The van der Waals surface area contributed by atoms with Crippen molar-refractivity contribution in [2.24, 2.45) is 0 Å². The molecule has 0 fully saturated rings. The number of hydrogen-bond donors (Lipinski definition) is 0. The molecule has 0 atom stereocenters. The van der Waals surface area contributed by atoms with Gasteiger partial charge in [0.1, 0.15) is 11.5 Å². The SMILES string of the molecule is Cc1cc(C)c(N2c3ccc(-c4ccccc4)cc3C3(c4ccccc4Oc4ccccc43)c3cc(-c4ccccc4)ccc32)c(C)c1. The van der Waals surface area contributed by atoms with Gasteiger partial charge in [-0.15, -0.1) is 0 Å². The van der Waals surface area contributed by atoms with Crippen molar-refractivity contribution in [1.82, 2.24) is 0 Å². The number of benzene rings is 7. The molecule has 2 aliphatic rings. The van der Waals surface area contributed by atoms with Crippen LogP contribution < -0.4 is 9.64 Å². The molecule has 48 heavy (non-hydrogen) atoms. The Morgan fingerprint density at radius 2 is 0.854 bits per heavy atom. The van der Waals surface area contributed by atoms with Crippen LogP contribution in [0.25, 0.3) is 22.3 Å². The van der Waals surface area contributed by atoms with Gasteiger partial charge < -0.3 is 9.64 Å². The Morgan fingerprint density at radius 3 is 1.33 bits per heavy atom. The average molecular weight is 618 g/mol. The fourth-order valence-electron chi connectivity index (χ4n) is 8.30. The second kappa shape index (κ2) is 10.9. The Morgan fingerprint density at radius 1 is 0.417 bits per heavy atom. The zero-order valence-electron chi connectivity index (χ0n) is 27.4. The quantitative estimate of drug-likeness (QED) is 0.196. The fraction of sp³-hybridized carbons (Fsp3) is 0.0870. The van der Waals surface area contributed by atoms with Gasteiger partial charge in [-0.3, -0.25) is 0 Å². The van der Waals surface area contributed by atoms with Crippen LogP contribution in [0.3, 0.4) is 0 Å². The molecule has 0 saturated carbocycles. The number of nitrogens with zero attached hydrogens (tertiary/aromatic N) is 1. The Hall–Kier alpha value is -5.86. The van der Waals surface area contributed by atoms with E-state index in [2.05, 4.69) is 183 Å². The van der Waals surface area contributed by atoms with Gasteiger partial charge in [0, 0.05) is 11.1 Å². The van der Waals surface area contributed by atoms with Crippen molar-refractivity contribution < 1.29 is 4.74 Å². The highest BCUT2D eigenvalue weighted by molar-refractivity contribution is 5.94. The molecule has 2 aliphatic heterocycles. The van der Waals surface area contributed by atoms with Crippen LogP contribution >= 0.6 is 0 Å². The minimum absolute atomic E-state index is 0.644. The van der Waals surface area contributed by atoms with Crippen LogP contribution in [-0.2, 0) is 5.41 Å². The molecule has 0 N–H and O–H groups in total. The van der Waals surface area contributed by atoms with E-state index in [0.717, 1.165) is 22.6 Å². The largest absolute Gasteiger partial charge is 0.457 e. The molecular weight excluding hydrogens is 583 g/mol. The highest BCUT2D eigenvalue weighted by Gasteiger charge is 2.51. The van der Waals surface area contributed by atoms with Gasteiger partial charge in [-0.05, 0) is 102 Å². The molecule has 2 heteroatoms. The van der Waals surface area contributed by atoms with Crippen molar-refractivity contribution in [3.05, 3.63) is 197 Å². The van der Waals surface area contributed by atoms with E-state index in [1.165, 1.54) is 67.1 Å². The summed E-state index contributed by atoms with van der Waals surface area (Å²) in [7, 11) is 0. The molecule has 0 aliphatic carbocycles. The fourth-order valence-corrected chi connectivity index (χ4v) is 8.30. The van der Waals surface area contributed by atoms with E-state index in [-0.39, 0.29) is 0 Å². The van der Waals surface area contributed by atoms with E-state index in [1.54, 1.807) is 0 Å². The highest BCUT2D eigenvalue weighted by atomic mass is 16.5. The first-order valence-electron chi connectivity index (χ1n) is 16.7. The number of para-hydroxylation sites is 2. The predicted octanol–water partition coefficient (Wildman–Crippen LogP) is 12.2. The molecular formula is C46H35NO. The van der Waals surface area contributed by atoms with Gasteiger partial charge in [0.05, 0.1) is 22.5 Å². The number of ether oxygens (including phenoxy) is 1. The molecule has 2 nitrogen and oxygen atoms in total. The molecule has 7 aromatic carbocycles. The van der Waals surface area contributed by atoms with E-state index < -0.39 is 5.41 Å². The number of aryl methyl sites for hydroxylation is 3. The Balaban J connectivity index is 1.48. The lowest BCUT2D eigenvalue weighted by Crippen LogP contribution is -2.40. The molecule has 230 valence electrons. The summed E-state index contributed by atoms with van der Waals surface area (Å²) in [5, 5.41) is 0. The van der Waals surface area contributed by atoms with Crippen LogP contribution in [0.5, 0.6) is 11.5 Å². The van der Waals surface area contributed by atoms with Gasteiger partial charge in [-0.25, -0.2) is 0 Å². The average Bonchev–Trinajstić information content (AvgIpc) is 3.12. The van der Waals surface area contributed by atoms with Crippen LogP contribution in [0, 0.1) is 20.8 Å². The normalized spacial score (nSPS) is 13.6. The van der Waals surface area contributed by atoms with E-state index in [9.17, 15) is 0 Å². The summed E-state index contributed by atoms with van der Waals surface area (Å²) in [5.41, 5.74) is 16.3. The third-order valence-corrected chi connectivity index (χ3v) is 10.2. The molecule has 9 rings (SSSR count). The number of fused-ring (bicyclic) bond motifs is 8. The van der Waals surface area contributed by atoms with Gasteiger partial charge in [0.15, 0.2) is 0 Å². The van der Waals surface area contributed by atoms with Crippen molar-refractivity contribution in [2.75, 3.05) is 4.90 Å². The number of anilines is 3. The summed E-state index contributed by atoms with van der Waals surface area (Å²) >= 11 is 0. The lowest BCUT2D eigenvalue weighted by atomic mass is 9.60. The van der Waals surface area contributed by atoms with Crippen LogP contribution in [-0.4, -0.2) is 0 Å². The van der Waals surface area contributed by atoms with Crippen molar-refractivity contribution in [2.45, 2.75) is 26.2 Å². The van der Waals surface area contributed by atoms with Gasteiger partial charge >= 0.3 is 0 Å². The molecule has 0 radical (unpaired) electrons. The molecule has 0 unspecified atom stereocenters. The third kappa shape index (κ3) is 4.12. The maximum absolute atomic E-state index is 6.71. The topological polar surface area (TPSA) is 12.5 Å². The standard InChI is InChI=1S/C46H35NO/c1-30-26-31(2)45(32(3)27-30)47-41-24-22-35(33-14-6-4-7-15-33)28-39(41)46(40-29-36(23-25-42(40)47)34-16-8-5-9-17-34)37-18-10-12-20-43(37)48-44-21-13-11-19-38(44)46/h4-29H,1-3H3. The summed E-state index contributed by atoms with van der Waals surface area (Å²) in [6, 6.07) is 57.5. The van der Waals surface area contributed by atoms with Gasteiger partial charge in [0.25, 0.3) is 0 Å². The maximum atomic E-state index is 6.71. The first kappa shape index (κ1) is 28.4. The van der Waals surface area contributed by atoms with E-state index in [0.29, 0.717) is 0 Å². The van der Waals surface area contributed by atoms with Gasteiger partial charge in [-0.1, -0.05) is 127 Å². The third-order valence-electron chi connectivity index (χ3n) is 10.2. The zero-order chi connectivity index (χ0) is 32.4. The van der Waals surface area contributed by atoms with E-state index in [4.69, 9.17) is 4.74 Å². The van der Waals surface area contributed by atoms with Crippen molar-refractivity contribution in [1.29, 1.82) is 0 Å². The van der Waals surface area contributed by atoms with Crippen molar-refractivity contribution >= 4 is 17.1 Å². The second-order valence-corrected chi connectivity index (χ2v) is 13.1. The Labute approximate surface area is 282 Å². The summed E-state index contributed by atoms with van der Waals surface area (Å²) in [6.45, 7) is 6.68. The number of hydrogen-bond acceptors (Lipinski definition) is 2. The molecule has 0 aromatic heterocycles. The van der Waals surface area contributed by atoms with Gasteiger partial charge in [-0.2, -0.15) is 0 Å². The summed E-state index contributed by atoms with van der Waals surface area (Å²) in [5.74, 6) is 1.78. The first-order valence-corrected chi connectivity index (χ1v) is 16.7. The summed E-state index contributed by atoms with van der Waals surface area (Å²) < 4.78 is 6.71. The van der Waals surface area contributed by atoms with Crippen LogP contribution in [0.2, 0.25) is 0 Å². The molecule has 1 spiro atoms. The molecule has 7 aromatic rings. The summed E-state index contributed by atoms with van der Waals surface area (Å²) in [4.78, 5) is 2.52. The Kier molecular flexibility index (Phi) is 6.42. The smallest absolute Gasteiger partial charge is 0.132 e. The minimum atomic E-state index is -0.644. The molecule has 0 bridgehead atoms. The summed E-state index contributed by atoms with van der Waals surface area (Å²) in [6.07, 6.45) is 0. The second-order valence-electron chi connectivity index (χ2n) is 13.1. The van der Waals surface area contributed by atoms with Crippen LogP contribution in [0.15, 0.2) is 158 Å². The zero-order valence-corrected chi connectivity index (χ0v) is 27.4. The molecule has 0 saturated heterocycles. The molecule has 2 heterocycles. The molecule has 0 amide bonds. The maximum Gasteiger partial charge on any atom is 0.132 e. The number of rotatable bonds is 3. The minimum Gasteiger partial charge on any atom is -0.457 e. The van der Waals surface area contributed by atoms with Crippen molar-refractivity contribution in [3.63, 3.8) is 0 Å². The highest BCUT2D eigenvalue weighted by Crippen LogP contribution is 2.63.